The third kappa shape index (κ3) is 6.33. The number of aromatic nitrogens is 2. The van der Waals surface area contributed by atoms with Crippen molar-refractivity contribution in [3.05, 3.63) is 41.0 Å². The number of hydrogen-bond donors (Lipinski definition) is 3. The highest BCUT2D eigenvalue weighted by atomic mass is 16.6. The van der Waals surface area contributed by atoms with Crippen LogP contribution in [0.5, 0.6) is 5.88 Å². The van der Waals surface area contributed by atoms with Gasteiger partial charge in [-0.15, -0.1) is 5.10 Å². The summed E-state index contributed by atoms with van der Waals surface area (Å²) < 4.78 is 10.2. The number of ketones is 1. The predicted octanol–water partition coefficient (Wildman–Crippen LogP) is 3.00. The van der Waals surface area contributed by atoms with E-state index in [1.165, 1.54) is 7.11 Å². The Balaban J connectivity index is 2.12. The van der Waals surface area contributed by atoms with Crippen LogP contribution in [0.1, 0.15) is 49.2 Å². The third-order valence-corrected chi connectivity index (χ3v) is 4.18. The van der Waals surface area contributed by atoms with Gasteiger partial charge in [0.2, 0.25) is 5.88 Å². The van der Waals surface area contributed by atoms with Crippen molar-refractivity contribution in [1.29, 1.82) is 0 Å². The smallest absolute Gasteiger partial charge is 0.408 e. The second kappa shape index (κ2) is 9.43. The Morgan fingerprint density at radius 2 is 1.93 bits per heavy atom. The molecule has 0 spiro atoms. The number of methoxy groups -OCH3 is 1. The topological polar surface area (TPSA) is 122 Å². The van der Waals surface area contributed by atoms with Gasteiger partial charge in [-0.25, -0.2) is 4.79 Å². The lowest BCUT2D eigenvalue weighted by molar-refractivity contribution is -0.120. The number of amides is 2. The first kappa shape index (κ1) is 22.9. The highest BCUT2D eigenvalue weighted by molar-refractivity contribution is 6.06. The molecular weight excluding hydrogens is 388 g/mol. The number of hydrogen-bond acceptors (Lipinski definition) is 6. The van der Waals surface area contributed by atoms with Crippen LogP contribution in [0.2, 0.25) is 0 Å². The van der Waals surface area contributed by atoms with Crippen molar-refractivity contribution in [3.63, 3.8) is 0 Å². The first-order valence-electron chi connectivity index (χ1n) is 9.51. The fraction of sp³-hybridized carbons (Fsp3) is 0.429. The molecule has 0 fully saturated rings. The number of rotatable bonds is 7. The highest BCUT2D eigenvalue weighted by Gasteiger charge is 2.23. The molecule has 9 heteroatoms. The van der Waals surface area contributed by atoms with E-state index < -0.39 is 17.7 Å². The zero-order valence-electron chi connectivity index (χ0n) is 18.1. The molecule has 0 aliphatic rings. The molecule has 3 N–H and O–H groups in total. The van der Waals surface area contributed by atoms with Crippen molar-refractivity contribution in [2.45, 2.75) is 52.7 Å². The Hall–Kier alpha value is -3.36. The van der Waals surface area contributed by atoms with Crippen LogP contribution in [0.15, 0.2) is 24.3 Å². The fourth-order valence-electron chi connectivity index (χ4n) is 2.76. The third-order valence-electron chi connectivity index (χ3n) is 4.18. The summed E-state index contributed by atoms with van der Waals surface area (Å²) in [4.78, 5) is 37.4. The van der Waals surface area contributed by atoms with Crippen molar-refractivity contribution in [3.8, 4) is 5.88 Å². The average molecular weight is 416 g/mol. The molecule has 1 heterocycles. The van der Waals surface area contributed by atoms with Gasteiger partial charge in [0.1, 0.15) is 11.4 Å². The van der Waals surface area contributed by atoms with Crippen LogP contribution in [0, 0.1) is 6.92 Å². The highest BCUT2D eigenvalue weighted by Crippen LogP contribution is 2.19. The molecule has 9 nitrogen and oxygen atoms in total. The predicted molar refractivity (Wildman–Crippen MR) is 112 cm³/mol. The summed E-state index contributed by atoms with van der Waals surface area (Å²) in [6, 6.07) is 6.06. The number of Topliss-reactive ketones (excluding diaryl/α,β-unsaturated/α-hetero) is 1. The normalized spacial score (nSPS) is 12.1. The van der Waals surface area contributed by atoms with E-state index >= 15 is 0 Å². The number of alkyl carbamates (subject to hydrolysis) is 1. The molecule has 0 aliphatic heterocycles. The summed E-state index contributed by atoms with van der Waals surface area (Å²) in [6.07, 6.45) is -0.688. The van der Waals surface area contributed by atoms with E-state index in [4.69, 9.17) is 9.47 Å². The number of anilines is 1. The molecule has 30 heavy (non-hydrogen) atoms. The van der Waals surface area contributed by atoms with Gasteiger partial charge in [-0.3, -0.25) is 14.7 Å². The number of nitrogens with zero attached hydrogens (tertiary/aromatic N) is 1. The van der Waals surface area contributed by atoms with E-state index in [9.17, 15) is 14.4 Å². The Labute approximate surface area is 175 Å². The average Bonchev–Trinajstić information content (AvgIpc) is 3.07. The number of aryl methyl sites for hydroxylation is 1. The summed E-state index contributed by atoms with van der Waals surface area (Å²) in [5.74, 6) is 0.0866. The second-order valence-electron chi connectivity index (χ2n) is 7.90. The van der Waals surface area contributed by atoms with Crippen LogP contribution in [0.4, 0.5) is 10.6 Å². The van der Waals surface area contributed by atoms with Crippen LogP contribution < -0.4 is 15.4 Å². The summed E-state index contributed by atoms with van der Waals surface area (Å²) in [6.45, 7) is 8.60. The first-order chi connectivity index (χ1) is 14.0. The van der Waals surface area contributed by atoms with E-state index in [0.717, 1.165) is 5.56 Å². The zero-order chi connectivity index (χ0) is 22.5. The van der Waals surface area contributed by atoms with E-state index in [1.807, 2.05) is 0 Å². The maximum absolute atomic E-state index is 12.8. The van der Waals surface area contributed by atoms with E-state index in [0.29, 0.717) is 22.8 Å². The molecule has 0 bridgehead atoms. The van der Waals surface area contributed by atoms with Gasteiger partial charge in [-0.1, -0.05) is 18.2 Å². The van der Waals surface area contributed by atoms with Crippen LogP contribution in [-0.4, -0.2) is 46.7 Å². The summed E-state index contributed by atoms with van der Waals surface area (Å²) in [5.41, 5.74) is 1.01. The van der Waals surface area contributed by atoms with Crippen LogP contribution in [-0.2, 0) is 16.0 Å². The summed E-state index contributed by atoms with van der Waals surface area (Å²) >= 11 is 0. The second-order valence-corrected chi connectivity index (χ2v) is 7.90. The van der Waals surface area contributed by atoms with Crippen LogP contribution in [0.3, 0.4) is 0 Å². The molecule has 162 valence electrons. The maximum Gasteiger partial charge on any atom is 0.408 e. The van der Waals surface area contributed by atoms with Gasteiger partial charge in [-0.05, 0) is 45.7 Å². The number of ether oxygens (including phenoxy) is 2. The summed E-state index contributed by atoms with van der Waals surface area (Å²) in [7, 11) is 1.47. The molecule has 2 rings (SSSR count). The van der Waals surface area contributed by atoms with E-state index in [-0.39, 0.29) is 18.1 Å². The number of H-pyrrole nitrogens is 1. The fourth-order valence-corrected chi connectivity index (χ4v) is 2.76. The SMILES string of the molecule is COc1cc(NC(=O)c2c(C)cccc2CC(=O)[C@H](C)NC(=O)OC(C)(C)C)[nH]n1. The van der Waals surface area contributed by atoms with Crippen molar-refractivity contribution >= 4 is 23.6 Å². The van der Waals surface area contributed by atoms with Gasteiger partial charge in [-0.2, -0.15) is 0 Å². The molecule has 0 saturated carbocycles. The molecule has 0 unspecified atom stereocenters. The van der Waals surface area contributed by atoms with Crippen LogP contribution in [0.25, 0.3) is 0 Å². The largest absolute Gasteiger partial charge is 0.480 e. The minimum Gasteiger partial charge on any atom is -0.480 e. The number of benzene rings is 1. The monoisotopic (exact) mass is 416 g/mol. The van der Waals surface area contributed by atoms with Gasteiger partial charge in [0, 0.05) is 18.1 Å². The molecule has 2 aromatic rings. The van der Waals surface area contributed by atoms with Crippen molar-refractivity contribution in [2.24, 2.45) is 0 Å². The number of aromatic amines is 1. The van der Waals surface area contributed by atoms with Crippen molar-refractivity contribution in [2.75, 3.05) is 12.4 Å². The molecule has 1 aromatic carbocycles. The van der Waals surface area contributed by atoms with Gasteiger partial charge in [0.05, 0.1) is 13.2 Å². The summed E-state index contributed by atoms with van der Waals surface area (Å²) in [5, 5.41) is 11.8. The maximum atomic E-state index is 12.8. The van der Waals surface area contributed by atoms with Gasteiger partial charge in [0.15, 0.2) is 5.78 Å². The minimum atomic E-state index is -0.770. The van der Waals surface area contributed by atoms with E-state index in [2.05, 4.69) is 20.8 Å². The quantitative estimate of drug-likeness (QED) is 0.638. The standard InChI is InChI=1S/C21H28N4O5/c1-12-8-7-9-14(10-15(26)13(2)22-20(28)30-21(3,4)5)18(12)19(27)23-16-11-17(29-6)25-24-16/h7-9,11,13H,10H2,1-6H3,(H,22,28)(H2,23,24,25,27)/t13-/m0/s1. The van der Waals surface area contributed by atoms with Gasteiger partial charge < -0.3 is 20.1 Å². The molecule has 1 atom stereocenters. The van der Waals surface area contributed by atoms with Crippen LogP contribution >= 0.6 is 0 Å². The lowest BCUT2D eigenvalue weighted by Crippen LogP contribution is -2.42. The Kier molecular flexibility index (Phi) is 7.20. The number of carbonyl (C=O) groups excluding carboxylic acids is 3. The molecule has 0 radical (unpaired) electrons. The Morgan fingerprint density at radius 1 is 1.23 bits per heavy atom. The van der Waals surface area contributed by atoms with E-state index in [1.54, 1.807) is 58.9 Å². The first-order valence-corrected chi connectivity index (χ1v) is 9.51. The molecule has 2 amide bonds. The lowest BCUT2D eigenvalue weighted by atomic mass is 9.95. The number of nitrogens with one attached hydrogen (secondary N) is 3. The number of carbonyl (C=O) groups is 3. The van der Waals surface area contributed by atoms with Gasteiger partial charge in [0.25, 0.3) is 5.91 Å². The molecule has 0 aliphatic carbocycles. The Morgan fingerprint density at radius 3 is 2.53 bits per heavy atom. The molecule has 1 aromatic heterocycles. The zero-order valence-corrected chi connectivity index (χ0v) is 18.1. The molecular formula is C21H28N4O5. The molecule has 0 saturated heterocycles. The van der Waals surface area contributed by atoms with Crippen molar-refractivity contribution in [1.82, 2.24) is 15.5 Å². The Bertz CT molecular complexity index is 930. The van der Waals surface area contributed by atoms with Gasteiger partial charge >= 0.3 is 6.09 Å². The van der Waals surface area contributed by atoms with Crippen molar-refractivity contribution < 1.29 is 23.9 Å². The minimum absolute atomic E-state index is 0.0201. The lowest BCUT2D eigenvalue weighted by Gasteiger charge is -2.21.